The van der Waals surface area contributed by atoms with E-state index in [1.165, 1.54) is 18.2 Å². The highest BCUT2D eigenvalue weighted by Gasteiger charge is 2.23. The summed E-state index contributed by atoms with van der Waals surface area (Å²) in [5.74, 6) is 0. The second-order valence-electron chi connectivity index (χ2n) is 4.26. The van der Waals surface area contributed by atoms with Crippen LogP contribution in [0.15, 0.2) is 29.2 Å². The Bertz CT molecular complexity index is 566. The second kappa shape index (κ2) is 5.64. The Morgan fingerprint density at radius 3 is 2.63 bits per heavy atom. The van der Waals surface area contributed by atoms with Crippen molar-refractivity contribution in [1.29, 1.82) is 0 Å². The van der Waals surface area contributed by atoms with Crippen LogP contribution in [0.25, 0.3) is 0 Å². The molecule has 0 spiro atoms. The minimum Gasteiger partial charge on any atom is -0.381 e. The molecule has 0 radical (unpaired) electrons. The van der Waals surface area contributed by atoms with Gasteiger partial charge >= 0.3 is 0 Å². The summed E-state index contributed by atoms with van der Waals surface area (Å²) in [5, 5.41) is 10.6. The van der Waals surface area contributed by atoms with Crippen LogP contribution < -0.4 is 4.72 Å². The van der Waals surface area contributed by atoms with Gasteiger partial charge in [0.05, 0.1) is 9.82 Å². The molecule has 0 bridgehead atoms. The largest absolute Gasteiger partial charge is 0.381 e. The molecule has 2 rings (SSSR count). The number of benzene rings is 1. The number of nitro groups is 1. The molecule has 1 N–H and O–H groups in total. The van der Waals surface area contributed by atoms with Crippen molar-refractivity contribution in [2.45, 2.75) is 23.8 Å². The maximum absolute atomic E-state index is 12.1. The average molecular weight is 286 g/mol. The maximum atomic E-state index is 12.1. The van der Waals surface area contributed by atoms with Gasteiger partial charge in [-0.25, -0.2) is 13.1 Å². The lowest BCUT2D eigenvalue weighted by atomic mass is 10.1. The van der Waals surface area contributed by atoms with Gasteiger partial charge in [-0.3, -0.25) is 10.1 Å². The lowest BCUT2D eigenvalue weighted by Crippen LogP contribution is -2.38. The van der Waals surface area contributed by atoms with E-state index in [4.69, 9.17) is 4.74 Å². The highest BCUT2D eigenvalue weighted by Crippen LogP contribution is 2.18. The highest BCUT2D eigenvalue weighted by molar-refractivity contribution is 7.89. The van der Waals surface area contributed by atoms with E-state index >= 15 is 0 Å². The fourth-order valence-electron chi connectivity index (χ4n) is 1.87. The van der Waals surface area contributed by atoms with Crippen LogP contribution in [0.2, 0.25) is 0 Å². The van der Waals surface area contributed by atoms with Crippen molar-refractivity contribution in [1.82, 2.24) is 4.72 Å². The number of non-ortho nitro benzene ring substituents is 1. The van der Waals surface area contributed by atoms with Gasteiger partial charge in [-0.1, -0.05) is 6.07 Å². The van der Waals surface area contributed by atoms with Crippen LogP contribution in [-0.4, -0.2) is 32.6 Å². The fourth-order valence-corrected chi connectivity index (χ4v) is 3.21. The van der Waals surface area contributed by atoms with Gasteiger partial charge in [0, 0.05) is 31.4 Å². The number of ether oxygens (including phenoxy) is 1. The summed E-state index contributed by atoms with van der Waals surface area (Å²) in [4.78, 5) is 9.94. The average Bonchev–Trinajstić information content (AvgIpc) is 2.39. The van der Waals surface area contributed by atoms with E-state index in [9.17, 15) is 18.5 Å². The molecule has 1 aliphatic heterocycles. The fraction of sp³-hybridized carbons (Fsp3) is 0.455. The highest BCUT2D eigenvalue weighted by atomic mass is 32.2. The molecule has 19 heavy (non-hydrogen) atoms. The topological polar surface area (TPSA) is 98.5 Å². The van der Waals surface area contributed by atoms with E-state index in [1.807, 2.05) is 0 Å². The van der Waals surface area contributed by atoms with Crippen molar-refractivity contribution in [3.05, 3.63) is 34.4 Å². The lowest BCUT2D eigenvalue weighted by Gasteiger charge is -2.22. The molecular weight excluding hydrogens is 272 g/mol. The predicted molar refractivity (Wildman–Crippen MR) is 67.3 cm³/mol. The molecular formula is C11H14N2O5S. The molecule has 0 aliphatic carbocycles. The van der Waals surface area contributed by atoms with E-state index in [-0.39, 0.29) is 16.6 Å². The van der Waals surface area contributed by atoms with Gasteiger partial charge in [-0.05, 0) is 18.9 Å². The Labute approximate surface area is 110 Å². The second-order valence-corrected chi connectivity index (χ2v) is 5.98. The number of hydrogen-bond acceptors (Lipinski definition) is 5. The molecule has 0 amide bonds. The third-order valence-corrected chi connectivity index (χ3v) is 4.40. The first kappa shape index (κ1) is 13.9. The molecule has 1 saturated heterocycles. The van der Waals surface area contributed by atoms with Gasteiger partial charge in [-0.2, -0.15) is 0 Å². The molecule has 1 heterocycles. The predicted octanol–water partition coefficient (Wildman–Crippen LogP) is 1.05. The van der Waals surface area contributed by atoms with Gasteiger partial charge < -0.3 is 4.74 Å². The smallest absolute Gasteiger partial charge is 0.270 e. The van der Waals surface area contributed by atoms with E-state index in [1.54, 1.807) is 0 Å². The molecule has 104 valence electrons. The number of rotatable bonds is 4. The molecule has 0 aromatic heterocycles. The first-order chi connectivity index (χ1) is 8.99. The van der Waals surface area contributed by atoms with Crippen molar-refractivity contribution in [2.75, 3.05) is 13.2 Å². The molecule has 0 saturated carbocycles. The van der Waals surface area contributed by atoms with E-state index in [2.05, 4.69) is 4.72 Å². The Morgan fingerprint density at radius 2 is 2.00 bits per heavy atom. The third-order valence-electron chi connectivity index (χ3n) is 2.88. The number of nitro benzene ring substituents is 1. The van der Waals surface area contributed by atoms with Crippen LogP contribution in [0.1, 0.15) is 12.8 Å². The van der Waals surface area contributed by atoms with Crippen LogP contribution >= 0.6 is 0 Å². The van der Waals surface area contributed by atoms with Gasteiger partial charge in [0.1, 0.15) is 0 Å². The van der Waals surface area contributed by atoms with Crippen molar-refractivity contribution in [3.63, 3.8) is 0 Å². The Morgan fingerprint density at radius 1 is 1.32 bits per heavy atom. The Kier molecular flexibility index (Phi) is 4.13. The summed E-state index contributed by atoms with van der Waals surface area (Å²) in [6.45, 7) is 1.03. The molecule has 1 aromatic rings. The van der Waals surface area contributed by atoms with Crippen LogP contribution in [0.3, 0.4) is 0 Å². The summed E-state index contributed by atoms with van der Waals surface area (Å²) >= 11 is 0. The lowest BCUT2D eigenvalue weighted by molar-refractivity contribution is -0.385. The van der Waals surface area contributed by atoms with Crippen molar-refractivity contribution < 1.29 is 18.1 Å². The zero-order valence-electron chi connectivity index (χ0n) is 10.1. The first-order valence-electron chi connectivity index (χ1n) is 5.83. The first-order valence-corrected chi connectivity index (χ1v) is 7.32. The normalized spacial score (nSPS) is 17.3. The van der Waals surface area contributed by atoms with Gasteiger partial charge in [0.15, 0.2) is 0 Å². The van der Waals surface area contributed by atoms with Crippen molar-refractivity contribution in [3.8, 4) is 0 Å². The molecule has 0 unspecified atom stereocenters. The Hall–Kier alpha value is -1.51. The summed E-state index contributed by atoms with van der Waals surface area (Å²) in [6, 6.07) is 4.83. The van der Waals surface area contributed by atoms with Crippen LogP contribution in [0.4, 0.5) is 5.69 Å². The van der Waals surface area contributed by atoms with Crippen molar-refractivity contribution in [2.24, 2.45) is 0 Å². The zero-order valence-corrected chi connectivity index (χ0v) is 10.9. The minimum atomic E-state index is -3.73. The number of nitrogens with one attached hydrogen (secondary N) is 1. The van der Waals surface area contributed by atoms with Crippen LogP contribution in [-0.2, 0) is 14.8 Å². The minimum absolute atomic E-state index is 0.0896. The quantitative estimate of drug-likeness (QED) is 0.659. The summed E-state index contributed by atoms with van der Waals surface area (Å²) in [5.41, 5.74) is -0.241. The molecule has 1 aliphatic rings. The monoisotopic (exact) mass is 286 g/mol. The van der Waals surface area contributed by atoms with Crippen molar-refractivity contribution >= 4 is 15.7 Å². The molecule has 7 nitrogen and oxygen atoms in total. The molecule has 1 aromatic carbocycles. The summed E-state index contributed by atoms with van der Waals surface area (Å²) < 4.78 is 31.9. The molecule has 0 atom stereocenters. The molecule has 8 heteroatoms. The van der Waals surface area contributed by atoms with E-state index in [0.717, 1.165) is 6.07 Å². The molecule has 1 fully saturated rings. The van der Waals surface area contributed by atoms with E-state index < -0.39 is 14.9 Å². The number of sulfonamides is 1. The van der Waals surface area contributed by atoms with Gasteiger partial charge in [-0.15, -0.1) is 0 Å². The van der Waals surface area contributed by atoms with Gasteiger partial charge in [0.2, 0.25) is 10.0 Å². The van der Waals surface area contributed by atoms with Crippen LogP contribution in [0, 0.1) is 10.1 Å². The zero-order chi connectivity index (χ0) is 13.9. The van der Waals surface area contributed by atoms with Gasteiger partial charge in [0.25, 0.3) is 5.69 Å². The maximum Gasteiger partial charge on any atom is 0.270 e. The van der Waals surface area contributed by atoms with E-state index in [0.29, 0.717) is 26.1 Å². The summed E-state index contributed by atoms with van der Waals surface area (Å²) in [6.07, 6.45) is 1.21. The Balaban J connectivity index is 2.18. The van der Waals surface area contributed by atoms with Crippen LogP contribution in [0.5, 0.6) is 0 Å². The number of nitrogens with zero attached hydrogens (tertiary/aromatic N) is 1. The SMILES string of the molecule is O=[N+]([O-])c1cccc(S(=O)(=O)NC2CCOCC2)c1. The number of hydrogen-bond donors (Lipinski definition) is 1. The summed E-state index contributed by atoms with van der Waals surface area (Å²) in [7, 11) is -3.73. The third kappa shape index (κ3) is 3.49. The standard InChI is InChI=1S/C11H14N2O5S/c14-13(15)10-2-1-3-11(8-10)19(16,17)12-9-4-6-18-7-5-9/h1-3,8-9,12H,4-7H2.